The quantitative estimate of drug-likeness (QED) is 0.806. The van der Waals surface area contributed by atoms with Crippen molar-refractivity contribution in [2.75, 3.05) is 6.54 Å². The van der Waals surface area contributed by atoms with E-state index in [4.69, 9.17) is 11.6 Å². The van der Waals surface area contributed by atoms with E-state index in [0.717, 1.165) is 20.9 Å². The number of hydrogen-bond acceptors (Lipinski definition) is 2. The van der Waals surface area contributed by atoms with Crippen LogP contribution in [0.2, 0.25) is 4.34 Å². The summed E-state index contributed by atoms with van der Waals surface area (Å²) in [6.45, 7) is 5.09. The molecule has 0 bridgehead atoms. The zero-order chi connectivity index (χ0) is 13.1. The van der Waals surface area contributed by atoms with Gasteiger partial charge in [-0.25, -0.2) is 0 Å². The number of thiophene rings is 1. The Bertz CT molecular complexity index is 502. The Kier molecular flexibility index (Phi) is 4.84. The van der Waals surface area contributed by atoms with E-state index in [9.17, 15) is 0 Å². The molecule has 0 saturated carbocycles. The molecule has 0 amide bonds. The number of halogens is 2. The Morgan fingerprint density at radius 1 is 1.33 bits per heavy atom. The van der Waals surface area contributed by atoms with E-state index < -0.39 is 0 Å². The maximum atomic E-state index is 6.17. The lowest BCUT2D eigenvalue weighted by atomic mass is 10.1. The first-order valence-electron chi connectivity index (χ1n) is 5.86. The van der Waals surface area contributed by atoms with Gasteiger partial charge in [0.05, 0.1) is 10.4 Å². The Morgan fingerprint density at radius 3 is 2.50 bits per heavy atom. The normalized spacial score (nSPS) is 12.7. The molecular weight excluding hydrogens is 330 g/mol. The van der Waals surface area contributed by atoms with Crippen LogP contribution in [0.15, 0.2) is 34.8 Å². The summed E-state index contributed by atoms with van der Waals surface area (Å²) in [6, 6.07) is 10.8. The monoisotopic (exact) mass is 343 g/mol. The minimum atomic E-state index is 0.222. The first-order chi connectivity index (χ1) is 8.61. The summed E-state index contributed by atoms with van der Waals surface area (Å²) in [4.78, 5) is 1.27. The van der Waals surface area contributed by atoms with Crippen LogP contribution in [0.25, 0.3) is 0 Å². The minimum absolute atomic E-state index is 0.222. The summed E-state index contributed by atoms with van der Waals surface area (Å²) in [6.07, 6.45) is 0. The van der Waals surface area contributed by atoms with Gasteiger partial charge in [-0.05, 0) is 42.8 Å². The molecule has 1 aromatic heterocycles. The summed E-state index contributed by atoms with van der Waals surface area (Å²) in [5, 5.41) is 3.51. The van der Waals surface area contributed by atoms with Gasteiger partial charge < -0.3 is 5.32 Å². The van der Waals surface area contributed by atoms with Crippen molar-refractivity contribution in [2.24, 2.45) is 0 Å². The molecule has 0 aliphatic carbocycles. The summed E-state index contributed by atoms with van der Waals surface area (Å²) in [5.74, 6) is 0. The highest BCUT2D eigenvalue weighted by Gasteiger charge is 2.16. The number of benzene rings is 1. The van der Waals surface area contributed by atoms with E-state index in [0.29, 0.717) is 0 Å². The highest BCUT2D eigenvalue weighted by molar-refractivity contribution is 9.10. The molecule has 1 unspecified atom stereocenters. The van der Waals surface area contributed by atoms with Crippen molar-refractivity contribution in [1.82, 2.24) is 5.32 Å². The molecule has 2 aromatic rings. The van der Waals surface area contributed by atoms with Crippen molar-refractivity contribution >= 4 is 38.9 Å². The van der Waals surface area contributed by atoms with Gasteiger partial charge in [-0.15, -0.1) is 11.3 Å². The maximum Gasteiger partial charge on any atom is 0.0961 e. The smallest absolute Gasteiger partial charge is 0.0961 e. The molecule has 2 rings (SSSR count). The molecular formula is C14H15BrClNS. The third kappa shape index (κ3) is 3.15. The molecule has 96 valence electrons. The van der Waals surface area contributed by atoms with Gasteiger partial charge in [0.2, 0.25) is 0 Å². The standard InChI is InChI=1S/C14H15BrClNS/c1-3-17-13(10-4-6-11(15)7-5-10)12-8-9(2)14(16)18-12/h4-8,13,17H,3H2,1-2H3. The summed E-state index contributed by atoms with van der Waals surface area (Å²) < 4.78 is 1.98. The summed E-state index contributed by atoms with van der Waals surface area (Å²) >= 11 is 11.3. The van der Waals surface area contributed by atoms with Crippen molar-refractivity contribution in [2.45, 2.75) is 19.9 Å². The number of rotatable bonds is 4. The number of nitrogens with one attached hydrogen (secondary N) is 1. The fourth-order valence-corrected chi connectivity index (χ4v) is 3.45. The fraction of sp³-hybridized carbons (Fsp3) is 0.286. The van der Waals surface area contributed by atoms with Gasteiger partial charge in [-0.3, -0.25) is 0 Å². The fourth-order valence-electron chi connectivity index (χ4n) is 1.87. The molecule has 0 fully saturated rings. The van der Waals surface area contributed by atoms with Crippen LogP contribution in [0.1, 0.15) is 29.0 Å². The lowest BCUT2D eigenvalue weighted by Gasteiger charge is -2.17. The van der Waals surface area contributed by atoms with Gasteiger partial charge in [-0.2, -0.15) is 0 Å². The first-order valence-corrected chi connectivity index (χ1v) is 7.85. The highest BCUT2D eigenvalue weighted by Crippen LogP contribution is 2.34. The molecule has 1 atom stereocenters. The van der Waals surface area contributed by atoms with Gasteiger partial charge in [0.1, 0.15) is 0 Å². The van der Waals surface area contributed by atoms with Gasteiger partial charge in [0.25, 0.3) is 0 Å². The largest absolute Gasteiger partial charge is 0.306 e. The van der Waals surface area contributed by atoms with E-state index in [-0.39, 0.29) is 6.04 Å². The van der Waals surface area contributed by atoms with E-state index in [2.05, 4.69) is 58.5 Å². The Hall–Kier alpha value is -0.350. The van der Waals surface area contributed by atoms with Crippen LogP contribution in [-0.2, 0) is 0 Å². The average molecular weight is 345 g/mol. The summed E-state index contributed by atoms with van der Waals surface area (Å²) in [5.41, 5.74) is 2.41. The topological polar surface area (TPSA) is 12.0 Å². The Morgan fingerprint density at radius 2 is 2.00 bits per heavy atom. The predicted octanol–water partition coefficient (Wildman–Crippen LogP) is 5.17. The molecule has 0 spiro atoms. The van der Waals surface area contributed by atoms with Crippen molar-refractivity contribution in [3.05, 3.63) is 55.1 Å². The molecule has 1 aromatic carbocycles. The molecule has 0 saturated heterocycles. The molecule has 4 heteroatoms. The van der Waals surface area contributed by atoms with E-state index in [1.54, 1.807) is 11.3 Å². The van der Waals surface area contributed by atoms with Crippen LogP contribution in [0.4, 0.5) is 0 Å². The van der Waals surface area contributed by atoms with Crippen LogP contribution >= 0.6 is 38.9 Å². The van der Waals surface area contributed by atoms with Gasteiger partial charge in [-0.1, -0.05) is 46.6 Å². The van der Waals surface area contributed by atoms with Crippen LogP contribution in [0, 0.1) is 6.92 Å². The van der Waals surface area contributed by atoms with Gasteiger partial charge in [0.15, 0.2) is 0 Å². The lowest BCUT2D eigenvalue weighted by molar-refractivity contribution is 0.639. The van der Waals surface area contributed by atoms with E-state index in [1.807, 2.05) is 6.92 Å². The van der Waals surface area contributed by atoms with Crippen LogP contribution < -0.4 is 5.32 Å². The van der Waals surface area contributed by atoms with Gasteiger partial charge >= 0.3 is 0 Å². The second kappa shape index (κ2) is 6.20. The average Bonchev–Trinajstić information content (AvgIpc) is 2.68. The number of aryl methyl sites for hydroxylation is 1. The maximum absolute atomic E-state index is 6.17. The minimum Gasteiger partial charge on any atom is -0.306 e. The van der Waals surface area contributed by atoms with Crippen LogP contribution in [0.3, 0.4) is 0 Å². The van der Waals surface area contributed by atoms with Crippen LogP contribution in [0.5, 0.6) is 0 Å². The van der Waals surface area contributed by atoms with Crippen molar-refractivity contribution in [3.63, 3.8) is 0 Å². The molecule has 1 nitrogen and oxygen atoms in total. The van der Waals surface area contributed by atoms with Crippen molar-refractivity contribution in [1.29, 1.82) is 0 Å². The highest BCUT2D eigenvalue weighted by atomic mass is 79.9. The molecule has 18 heavy (non-hydrogen) atoms. The summed E-state index contributed by atoms with van der Waals surface area (Å²) in [7, 11) is 0. The van der Waals surface area contributed by atoms with Crippen LogP contribution in [-0.4, -0.2) is 6.54 Å². The second-order valence-electron chi connectivity index (χ2n) is 4.15. The zero-order valence-corrected chi connectivity index (χ0v) is 13.5. The van der Waals surface area contributed by atoms with E-state index >= 15 is 0 Å². The molecule has 0 radical (unpaired) electrons. The Balaban J connectivity index is 2.36. The molecule has 0 aliphatic rings. The van der Waals surface area contributed by atoms with Crippen molar-refractivity contribution < 1.29 is 0 Å². The third-order valence-corrected chi connectivity index (χ3v) is 4.92. The molecule has 0 aliphatic heterocycles. The SMILES string of the molecule is CCNC(c1ccc(Br)cc1)c1cc(C)c(Cl)s1. The zero-order valence-electron chi connectivity index (χ0n) is 10.3. The second-order valence-corrected chi connectivity index (χ2v) is 6.75. The lowest BCUT2D eigenvalue weighted by Crippen LogP contribution is -2.20. The van der Waals surface area contributed by atoms with Crippen molar-refractivity contribution in [3.8, 4) is 0 Å². The molecule has 1 heterocycles. The van der Waals surface area contributed by atoms with E-state index in [1.165, 1.54) is 10.4 Å². The van der Waals surface area contributed by atoms with Gasteiger partial charge in [0, 0.05) is 9.35 Å². The number of hydrogen-bond donors (Lipinski definition) is 1. The molecule has 1 N–H and O–H groups in total. The third-order valence-electron chi connectivity index (χ3n) is 2.77. The predicted molar refractivity (Wildman–Crippen MR) is 83.7 cm³/mol. The Labute approximate surface area is 125 Å². The first kappa shape index (κ1) is 14.1.